The van der Waals surface area contributed by atoms with Crippen LogP contribution in [-0.4, -0.2) is 50.8 Å². The predicted molar refractivity (Wildman–Crippen MR) is 163 cm³/mol. The molecule has 0 amide bonds. The van der Waals surface area contributed by atoms with Gasteiger partial charge < -0.3 is 19.3 Å². The lowest BCUT2D eigenvalue weighted by molar-refractivity contribution is -0.152. The summed E-state index contributed by atoms with van der Waals surface area (Å²) in [6.07, 6.45) is -0.934. The molecule has 0 heterocycles. The summed E-state index contributed by atoms with van der Waals surface area (Å²) in [5.74, 6) is -1.92. The summed E-state index contributed by atoms with van der Waals surface area (Å²) in [4.78, 5) is 29.6. The Morgan fingerprint density at radius 2 is 1.10 bits per heavy atom. The average molecular weight is 598 g/mol. The molecule has 2 rings (SSSR count). The molecule has 1 atom stereocenters. The van der Waals surface area contributed by atoms with Gasteiger partial charge in [0, 0.05) is 37.6 Å². The van der Waals surface area contributed by atoms with Crippen LogP contribution in [0.2, 0.25) is 0 Å². The highest BCUT2D eigenvalue weighted by atomic mass is 35.5. The number of nitrogens with zero attached hydrogens (tertiary/aromatic N) is 4. The quantitative estimate of drug-likeness (QED) is 0.146. The number of benzene rings is 2. The van der Waals surface area contributed by atoms with Crippen molar-refractivity contribution in [1.82, 2.24) is 0 Å². The first-order chi connectivity index (χ1) is 19.6. The molecule has 0 N–H and O–H groups in total. The van der Waals surface area contributed by atoms with Crippen LogP contribution in [0, 0.1) is 22.7 Å². The molecule has 10 heteroatoms. The molecular formula is C31H34Cl2N4O4. The SMILES string of the molecule is CCN(CC)c1ccc(/C(Cl)=C(\C#N)C(=O)OCC(C)OC(=O)/C(C#N)=C(\Cl)c2ccc(N(CC)CC)cc2)cc1. The van der Waals surface area contributed by atoms with E-state index in [1.807, 2.05) is 52.0 Å². The van der Waals surface area contributed by atoms with Crippen molar-refractivity contribution in [2.24, 2.45) is 0 Å². The molecule has 0 aliphatic carbocycles. The van der Waals surface area contributed by atoms with Gasteiger partial charge in [0.25, 0.3) is 0 Å². The third-order valence-electron chi connectivity index (χ3n) is 6.33. The molecule has 0 bridgehead atoms. The largest absolute Gasteiger partial charge is 0.458 e. The highest BCUT2D eigenvalue weighted by Gasteiger charge is 2.23. The summed E-state index contributed by atoms with van der Waals surface area (Å²) in [6.45, 7) is 12.6. The van der Waals surface area contributed by atoms with Crippen molar-refractivity contribution in [1.29, 1.82) is 10.5 Å². The van der Waals surface area contributed by atoms with Gasteiger partial charge in [-0.2, -0.15) is 10.5 Å². The Balaban J connectivity index is 2.09. The average Bonchev–Trinajstić information content (AvgIpc) is 2.98. The second kappa shape index (κ2) is 16.3. The number of rotatable bonds is 13. The van der Waals surface area contributed by atoms with Gasteiger partial charge in [0.2, 0.25) is 0 Å². The zero-order valence-corrected chi connectivity index (χ0v) is 25.4. The molecule has 0 aromatic heterocycles. The van der Waals surface area contributed by atoms with Gasteiger partial charge >= 0.3 is 11.9 Å². The molecule has 0 fully saturated rings. The Bertz CT molecular complexity index is 1350. The molecule has 0 saturated carbocycles. The van der Waals surface area contributed by atoms with Gasteiger partial charge in [-0.25, -0.2) is 9.59 Å². The first-order valence-electron chi connectivity index (χ1n) is 13.3. The van der Waals surface area contributed by atoms with Crippen LogP contribution in [-0.2, 0) is 19.1 Å². The Morgan fingerprint density at radius 1 is 0.732 bits per heavy atom. The fourth-order valence-corrected chi connectivity index (χ4v) is 4.50. The fourth-order valence-electron chi connectivity index (χ4n) is 4.01. The monoisotopic (exact) mass is 596 g/mol. The summed E-state index contributed by atoms with van der Waals surface area (Å²) in [5, 5.41) is 19.0. The van der Waals surface area contributed by atoms with E-state index in [0.29, 0.717) is 11.1 Å². The van der Waals surface area contributed by atoms with Gasteiger partial charge in [-0.05, 0) is 70.0 Å². The molecule has 0 spiro atoms. The standard InChI is InChI=1S/C31H34Cl2N4O4/c1-6-36(7-2)24-14-10-22(11-15-24)28(32)26(18-34)30(38)40-20-21(5)41-31(39)27(19-35)29(33)23-12-16-25(17-13-23)37(8-3)9-4/h10-17,21H,6-9,20H2,1-5H3/b28-26-,29-27-. The van der Waals surface area contributed by atoms with Crippen LogP contribution in [0.3, 0.4) is 0 Å². The molecule has 0 aliphatic rings. The second-order valence-electron chi connectivity index (χ2n) is 8.85. The van der Waals surface area contributed by atoms with Crippen LogP contribution in [0.5, 0.6) is 0 Å². The Hall–Kier alpha value is -3.98. The minimum atomic E-state index is -0.962. The predicted octanol–water partition coefficient (Wildman–Crippen LogP) is 6.50. The zero-order chi connectivity index (χ0) is 30.5. The van der Waals surface area contributed by atoms with Crippen molar-refractivity contribution in [3.05, 3.63) is 70.8 Å². The van der Waals surface area contributed by atoms with Crippen LogP contribution in [0.1, 0.15) is 45.7 Å². The first kappa shape index (κ1) is 33.2. The molecule has 2 aromatic carbocycles. The van der Waals surface area contributed by atoms with Crippen LogP contribution < -0.4 is 9.80 Å². The number of nitriles is 2. The molecule has 1 unspecified atom stereocenters. The zero-order valence-electron chi connectivity index (χ0n) is 23.9. The maximum absolute atomic E-state index is 12.7. The number of carbonyl (C=O) groups is 2. The van der Waals surface area contributed by atoms with Gasteiger partial charge in [0.05, 0.1) is 10.1 Å². The summed E-state index contributed by atoms with van der Waals surface area (Å²) in [7, 11) is 0. The van der Waals surface area contributed by atoms with Crippen molar-refractivity contribution < 1.29 is 19.1 Å². The lowest BCUT2D eigenvalue weighted by Gasteiger charge is -2.21. The molecule has 41 heavy (non-hydrogen) atoms. The van der Waals surface area contributed by atoms with Crippen molar-refractivity contribution in [2.45, 2.75) is 40.7 Å². The molecule has 0 radical (unpaired) electrons. The van der Waals surface area contributed by atoms with E-state index in [4.69, 9.17) is 32.7 Å². The summed E-state index contributed by atoms with van der Waals surface area (Å²) < 4.78 is 10.5. The topological polar surface area (TPSA) is 107 Å². The van der Waals surface area contributed by atoms with Crippen molar-refractivity contribution in [3.63, 3.8) is 0 Å². The number of anilines is 2. The Kier molecular flexibility index (Phi) is 13.2. The lowest BCUT2D eigenvalue weighted by Crippen LogP contribution is -2.24. The Morgan fingerprint density at radius 3 is 1.44 bits per heavy atom. The summed E-state index contributed by atoms with van der Waals surface area (Å²) >= 11 is 12.7. The summed E-state index contributed by atoms with van der Waals surface area (Å²) in [6, 6.07) is 17.9. The second-order valence-corrected chi connectivity index (χ2v) is 9.61. The highest BCUT2D eigenvalue weighted by Crippen LogP contribution is 2.28. The van der Waals surface area contributed by atoms with Crippen molar-refractivity contribution >= 4 is 56.6 Å². The fraction of sp³-hybridized carbons (Fsp3) is 0.355. The third-order valence-corrected chi connectivity index (χ3v) is 7.14. The van der Waals surface area contributed by atoms with E-state index in [1.54, 1.807) is 36.4 Å². The molecule has 0 saturated heterocycles. The molecular weight excluding hydrogens is 563 g/mol. The number of hydrogen-bond donors (Lipinski definition) is 0. The van der Waals surface area contributed by atoms with Crippen LogP contribution in [0.25, 0.3) is 10.1 Å². The normalized spacial score (nSPS) is 12.6. The first-order valence-corrected chi connectivity index (χ1v) is 14.1. The van der Waals surface area contributed by atoms with E-state index in [-0.39, 0.29) is 27.8 Å². The van der Waals surface area contributed by atoms with Crippen LogP contribution >= 0.6 is 23.2 Å². The maximum Gasteiger partial charge on any atom is 0.350 e. The van der Waals surface area contributed by atoms with Crippen molar-refractivity contribution in [3.8, 4) is 12.1 Å². The molecule has 8 nitrogen and oxygen atoms in total. The van der Waals surface area contributed by atoms with E-state index in [2.05, 4.69) is 9.80 Å². The van der Waals surface area contributed by atoms with E-state index < -0.39 is 18.0 Å². The Labute approximate surface area is 252 Å². The van der Waals surface area contributed by atoms with E-state index >= 15 is 0 Å². The van der Waals surface area contributed by atoms with E-state index in [9.17, 15) is 20.1 Å². The maximum atomic E-state index is 12.7. The van der Waals surface area contributed by atoms with Gasteiger partial charge in [-0.3, -0.25) is 0 Å². The number of carbonyl (C=O) groups excluding carboxylic acids is 2. The smallest absolute Gasteiger partial charge is 0.350 e. The van der Waals surface area contributed by atoms with Gasteiger partial charge in [0.1, 0.15) is 24.8 Å². The molecule has 2 aromatic rings. The summed E-state index contributed by atoms with van der Waals surface area (Å²) in [5.41, 5.74) is 2.19. The highest BCUT2D eigenvalue weighted by molar-refractivity contribution is 6.51. The minimum Gasteiger partial charge on any atom is -0.458 e. The lowest BCUT2D eigenvalue weighted by atomic mass is 10.1. The third kappa shape index (κ3) is 8.75. The number of hydrogen-bond acceptors (Lipinski definition) is 8. The van der Waals surface area contributed by atoms with E-state index in [0.717, 1.165) is 37.6 Å². The van der Waals surface area contributed by atoms with Gasteiger partial charge in [0.15, 0.2) is 11.1 Å². The number of ether oxygens (including phenoxy) is 2. The minimum absolute atomic E-state index is 0.0539. The molecule has 216 valence electrons. The number of esters is 2. The van der Waals surface area contributed by atoms with Crippen molar-refractivity contribution in [2.75, 3.05) is 42.6 Å². The van der Waals surface area contributed by atoms with E-state index in [1.165, 1.54) is 6.92 Å². The van der Waals surface area contributed by atoms with Gasteiger partial charge in [-0.1, -0.05) is 47.5 Å². The van der Waals surface area contributed by atoms with Crippen LogP contribution in [0.15, 0.2) is 59.7 Å². The van der Waals surface area contributed by atoms with Crippen LogP contribution in [0.4, 0.5) is 11.4 Å². The van der Waals surface area contributed by atoms with Gasteiger partial charge in [-0.15, -0.1) is 0 Å². The number of halogens is 2. The molecule has 0 aliphatic heterocycles.